The van der Waals surface area contributed by atoms with Crippen LogP contribution in [0.25, 0.3) is 0 Å². The molecule has 0 unspecified atom stereocenters. The van der Waals surface area contributed by atoms with Gasteiger partial charge >= 0.3 is 12.1 Å². The predicted molar refractivity (Wildman–Crippen MR) is 86.0 cm³/mol. The summed E-state index contributed by atoms with van der Waals surface area (Å²) in [7, 11) is -3.09. The molecule has 12 heteroatoms. The highest BCUT2D eigenvalue weighted by Gasteiger charge is 2.47. The summed E-state index contributed by atoms with van der Waals surface area (Å²) in [5, 5.41) is 7.12. The van der Waals surface area contributed by atoms with Crippen molar-refractivity contribution in [1.29, 1.82) is 0 Å². The highest BCUT2D eigenvalue weighted by atomic mass is 32.2. The molecular formula is C14H19F3N4O4S. The van der Waals surface area contributed by atoms with Gasteiger partial charge in [0.1, 0.15) is 0 Å². The second-order valence-electron chi connectivity index (χ2n) is 5.77. The first kappa shape index (κ1) is 20.4. The summed E-state index contributed by atoms with van der Waals surface area (Å²) < 4.78 is 57.5. The van der Waals surface area contributed by atoms with Crippen molar-refractivity contribution in [3.8, 4) is 0 Å². The van der Waals surface area contributed by atoms with Crippen molar-refractivity contribution < 1.29 is 31.5 Å². The second kappa shape index (κ2) is 7.74. The van der Waals surface area contributed by atoms with Crippen LogP contribution in [0, 0.1) is 0 Å². The van der Waals surface area contributed by atoms with E-state index in [2.05, 4.69) is 14.9 Å². The van der Waals surface area contributed by atoms with E-state index in [1.807, 2.05) is 0 Å². The molecule has 2 aliphatic heterocycles. The van der Waals surface area contributed by atoms with Crippen molar-refractivity contribution in [1.82, 2.24) is 14.3 Å². The zero-order valence-electron chi connectivity index (χ0n) is 13.9. The molecule has 26 heavy (non-hydrogen) atoms. The third kappa shape index (κ3) is 4.41. The van der Waals surface area contributed by atoms with Gasteiger partial charge in [0.25, 0.3) is 0 Å². The summed E-state index contributed by atoms with van der Waals surface area (Å²) >= 11 is 0. The quantitative estimate of drug-likeness (QED) is 0.816. The molecule has 2 atom stereocenters. The normalized spacial score (nSPS) is 23.3. The average molecular weight is 396 g/mol. The lowest BCUT2D eigenvalue weighted by Crippen LogP contribution is -2.40. The Morgan fingerprint density at radius 2 is 1.77 bits per heavy atom. The molecule has 0 bridgehead atoms. The van der Waals surface area contributed by atoms with E-state index in [1.165, 1.54) is 0 Å². The van der Waals surface area contributed by atoms with Gasteiger partial charge in [0.15, 0.2) is 0 Å². The van der Waals surface area contributed by atoms with Crippen LogP contribution in [0.15, 0.2) is 18.5 Å². The first-order valence-corrected chi connectivity index (χ1v) is 9.52. The first-order valence-electron chi connectivity index (χ1n) is 7.91. The Morgan fingerprint density at radius 1 is 1.23 bits per heavy atom. The maximum atomic E-state index is 12.1. The second-order valence-corrected chi connectivity index (χ2v) is 7.98. The van der Waals surface area contributed by atoms with Gasteiger partial charge in [-0.3, -0.25) is 0 Å². The fourth-order valence-corrected chi connectivity index (χ4v) is 4.52. The lowest BCUT2D eigenvalue weighted by atomic mass is 10.1. The number of aliphatic carboxylic acids is 1. The summed E-state index contributed by atoms with van der Waals surface area (Å²) in [5.74, 6) is -1.86. The molecule has 0 saturated carbocycles. The van der Waals surface area contributed by atoms with Crippen molar-refractivity contribution in [2.24, 2.45) is 0 Å². The maximum Gasteiger partial charge on any atom is 0.490 e. The summed E-state index contributed by atoms with van der Waals surface area (Å²) in [5.41, 5.74) is 0. The van der Waals surface area contributed by atoms with E-state index < -0.39 is 22.2 Å². The summed E-state index contributed by atoms with van der Waals surface area (Å²) in [6.45, 7) is 3.15. The third-order valence-corrected chi connectivity index (χ3v) is 6.20. The van der Waals surface area contributed by atoms with Crippen LogP contribution in [0.3, 0.4) is 0 Å². The zero-order chi connectivity index (χ0) is 19.5. The molecule has 2 aliphatic rings. The Morgan fingerprint density at radius 3 is 2.27 bits per heavy atom. The number of nitrogens with zero attached hydrogens (tertiary/aromatic N) is 4. The molecule has 8 nitrogen and oxygen atoms in total. The van der Waals surface area contributed by atoms with E-state index in [1.54, 1.807) is 29.7 Å². The highest BCUT2D eigenvalue weighted by Crippen LogP contribution is 2.35. The Bertz CT molecular complexity index is 729. The van der Waals surface area contributed by atoms with Crippen molar-refractivity contribution >= 4 is 21.9 Å². The van der Waals surface area contributed by atoms with Gasteiger partial charge in [0.05, 0.1) is 5.75 Å². The number of alkyl halides is 3. The predicted octanol–water partition coefficient (Wildman–Crippen LogP) is 1.11. The van der Waals surface area contributed by atoms with Gasteiger partial charge in [-0.25, -0.2) is 23.2 Å². The molecule has 0 spiro atoms. The molecule has 2 saturated heterocycles. The fraction of sp³-hybridized carbons (Fsp3) is 0.643. The molecule has 2 fully saturated rings. The van der Waals surface area contributed by atoms with Crippen LogP contribution in [-0.4, -0.2) is 70.9 Å². The molecule has 1 N–H and O–H groups in total. The van der Waals surface area contributed by atoms with E-state index in [9.17, 15) is 21.6 Å². The molecule has 3 heterocycles. The van der Waals surface area contributed by atoms with Gasteiger partial charge < -0.3 is 10.0 Å². The van der Waals surface area contributed by atoms with Crippen LogP contribution < -0.4 is 4.90 Å². The number of hydrogen-bond acceptors (Lipinski definition) is 6. The molecule has 146 valence electrons. The molecule has 0 aromatic carbocycles. The molecule has 3 rings (SSSR count). The third-order valence-electron chi connectivity index (χ3n) is 4.30. The molecule has 1 aromatic rings. The van der Waals surface area contributed by atoms with Gasteiger partial charge in [-0.05, 0) is 25.8 Å². The lowest BCUT2D eigenvalue weighted by Gasteiger charge is -2.24. The van der Waals surface area contributed by atoms with E-state index in [-0.39, 0.29) is 17.8 Å². The van der Waals surface area contributed by atoms with Crippen molar-refractivity contribution in [2.75, 3.05) is 23.7 Å². The number of hydrogen-bond donors (Lipinski definition) is 1. The van der Waals surface area contributed by atoms with Crippen LogP contribution in [0.5, 0.6) is 0 Å². The van der Waals surface area contributed by atoms with E-state index in [0.29, 0.717) is 12.5 Å². The van der Waals surface area contributed by atoms with Gasteiger partial charge in [-0.15, -0.1) is 0 Å². The smallest absolute Gasteiger partial charge is 0.475 e. The van der Waals surface area contributed by atoms with Crippen molar-refractivity contribution in [3.05, 3.63) is 18.5 Å². The van der Waals surface area contributed by atoms with Gasteiger partial charge in [0.2, 0.25) is 16.0 Å². The zero-order valence-corrected chi connectivity index (χ0v) is 14.7. The molecule has 0 radical (unpaired) electrons. The van der Waals surface area contributed by atoms with Crippen molar-refractivity contribution in [2.45, 2.75) is 38.0 Å². The monoisotopic (exact) mass is 396 g/mol. The summed E-state index contributed by atoms with van der Waals surface area (Å²) in [6.07, 6.45) is 0.0979. The number of anilines is 1. The Balaban J connectivity index is 0.000000298. The topological polar surface area (TPSA) is 104 Å². The number of sulfonamides is 1. The Hall–Kier alpha value is -1.95. The molecule has 0 amide bonds. The average Bonchev–Trinajstić information content (AvgIpc) is 3.17. The van der Waals surface area contributed by atoms with Crippen LogP contribution in [0.4, 0.5) is 19.1 Å². The van der Waals surface area contributed by atoms with Crippen LogP contribution in [-0.2, 0) is 14.8 Å². The van der Waals surface area contributed by atoms with Crippen LogP contribution in [0.2, 0.25) is 0 Å². The SMILES string of the molecule is CCS(=O)(=O)N1CC[C@H]2[C@H]1CCN2c1ncccn1.O=C(O)C(F)(F)F. The Kier molecular flexibility index (Phi) is 6.06. The standard InChI is InChI=1S/C12H18N4O2S.C2HF3O2/c1-2-19(17,18)16-9-5-10-11(16)4-8-15(10)12-13-6-3-7-14-12;3-2(4,5)1(6)7/h3,6-7,10-11H,2,4-5,8-9H2,1H3;(H,6,7)/t10-,11+;/m0./s1. The maximum absolute atomic E-state index is 12.1. The van der Waals surface area contributed by atoms with Crippen LogP contribution >= 0.6 is 0 Å². The lowest BCUT2D eigenvalue weighted by molar-refractivity contribution is -0.192. The molecule has 0 aliphatic carbocycles. The van der Waals surface area contributed by atoms with E-state index in [4.69, 9.17) is 9.90 Å². The minimum atomic E-state index is -5.08. The number of fused-ring (bicyclic) bond motifs is 1. The minimum Gasteiger partial charge on any atom is -0.475 e. The summed E-state index contributed by atoms with van der Waals surface area (Å²) in [6, 6.07) is 2.11. The van der Waals surface area contributed by atoms with E-state index in [0.717, 1.165) is 19.4 Å². The molecule has 1 aromatic heterocycles. The highest BCUT2D eigenvalue weighted by molar-refractivity contribution is 7.89. The fourth-order valence-electron chi connectivity index (χ4n) is 3.15. The van der Waals surface area contributed by atoms with Gasteiger partial charge in [-0.1, -0.05) is 0 Å². The van der Waals surface area contributed by atoms with Crippen LogP contribution in [0.1, 0.15) is 19.8 Å². The number of carboxylic acids is 1. The number of halogens is 3. The number of rotatable bonds is 3. The van der Waals surface area contributed by atoms with E-state index >= 15 is 0 Å². The van der Waals surface area contributed by atoms with Gasteiger partial charge in [0, 0.05) is 37.6 Å². The minimum absolute atomic E-state index is 0.0914. The summed E-state index contributed by atoms with van der Waals surface area (Å²) in [4.78, 5) is 19.6. The van der Waals surface area contributed by atoms with Gasteiger partial charge in [-0.2, -0.15) is 17.5 Å². The Labute approximate surface area is 148 Å². The molecular weight excluding hydrogens is 377 g/mol. The largest absolute Gasteiger partial charge is 0.490 e. The number of carboxylic acid groups (broad SMARTS) is 1. The number of aromatic nitrogens is 2. The number of carbonyl (C=O) groups is 1. The first-order chi connectivity index (χ1) is 12.1. The van der Waals surface area contributed by atoms with Crippen molar-refractivity contribution in [3.63, 3.8) is 0 Å².